The average Bonchev–Trinajstić information content (AvgIpc) is 3.50. The molecule has 1 saturated heterocycles. The normalized spacial score (nSPS) is 24.3. The molecular weight excluding hydrogens is 440 g/mol. The van der Waals surface area contributed by atoms with Gasteiger partial charge in [-0.1, -0.05) is 78.9 Å². The Hall–Kier alpha value is -4.32. The number of carbonyl (C=O) groups excluding carboxylic acids is 2. The van der Waals surface area contributed by atoms with E-state index in [9.17, 15) is 19.7 Å². The molecule has 3 aromatic carbocycles. The van der Waals surface area contributed by atoms with E-state index >= 15 is 0 Å². The van der Waals surface area contributed by atoms with Crippen LogP contribution in [-0.2, 0) is 9.59 Å². The number of aryl methyl sites for hydroxylation is 1. The molecule has 6 nitrogen and oxygen atoms in total. The third-order valence-electron chi connectivity index (χ3n) is 7.47. The lowest BCUT2D eigenvalue weighted by molar-refractivity contribution is -0.384. The van der Waals surface area contributed by atoms with Crippen molar-refractivity contribution in [2.75, 3.05) is 4.90 Å². The van der Waals surface area contributed by atoms with Crippen molar-refractivity contribution < 1.29 is 14.5 Å². The van der Waals surface area contributed by atoms with Gasteiger partial charge in [0.2, 0.25) is 11.8 Å². The van der Waals surface area contributed by atoms with Crippen molar-refractivity contribution in [2.45, 2.75) is 6.92 Å². The highest BCUT2D eigenvalue weighted by Gasteiger charge is 2.62. The highest BCUT2D eigenvalue weighted by molar-refractivity contribution is 6.24. The largest absolute Gasteiger partial charge is 0.274 e. The van der Waals surface area contributed by atoms with E-state index in [0.717, 1.165) is 22.3 Å². The minimum atomic E-state index is -0.507. The summed E-state index contributed by atoms with van der Waals surface area (Å²) in [6.45, 7) is 1.76. The van der Waals surface area contributed by atoms with E-state index in [0.29, 0.717) is 11.3 Å². The van der Waals surface area contributed by atoms with Gasteiger partial charge in [-0.05, 0) is 34.8 Å². The number of non-ortho nitro benzene ring substituents is 1. The highest BCUT2D eigenvalue weighted by atomic mass is 16.6. The van der Waals surface area contributed by atoms with Crippen LogP contribution in [0.25, 0.3) is 5.57 Å². The fraction of sp³-hybridized carbons (Fsp3) is 0.172. The van der Waals surface area contributed by atoms with E-state index in [1.807, 2.05) is 36.4 Å². The first kappa shape index (κ1) is 21.2. The van der Waals surface area contributed by atoms with Gasteiger partial charge in [-0.25, -0.2) is 4.90 Å². The molecule has 172 valence electrons. The molecule has 4 atom stereocenters. The summed E-state index contributed by atoms with van der Waals surface area (Å²) < 4.78 is 0. The second kappa shape index (κ2) is 7.87. The zero-order chi connectivity index (χ0) is 24.3. The van der Waals surface area contributed by atoms with Gasteiger partial charge in [-0.3, -0.25) is 19.7 Å². The van der Waals surface area contributed by atoms with Crippen molar-refractivity contribution in [1.29, 1.82) is 0 Å². The summed E-state index contributed by atoms with van der Waals surface area (Å²) in [7, 11) is 0. The number of carbonyl (C=O) groups is 2. The molecule has 1 aliphatic heterocycles. The van der Waals surface area contributed by atoms with Crippen molar-refractivity contribution in [2.24, 2.45) is 23.7 Å². The molecule has 1 saturated carbocycles. The zero-order valence-electron chi connectivity index (χ0n) is 19.0. The molecule has 35 heavy (non-hydrogen) atoms. The number of allylic oxidation sites excluding steroid dienone is 3. The Balaban J connectivity index is 1.48. The van der Waals surface area contributed by atoms with E-state index in [2.05, 4.69) is 36.4 Å². The maximum atomic E-state index is 13.7. The zero-order valence-corrected chi connectivity index (χ0v) is 19.0. The van der Waals surface area contributed by atoms with Crippen LogP contribution in [0.2, 0.25) is 0 Å². The molecule has 0 unspecified atom stereocenters. The first-order valence-electron chi connectivity index (χ1n) is 11.6. The van der Waals surface area contributed by atoms with E-state index in [-0.39, 0.29) is 29.3 Å². The van der Waals surface area contributed by atoms with Crippen LogP contribution >= 0.6 is 0 Å². The minimum Gasteiger partial charge on any atom is -0.274 e. The number of nitro groups is 1. The van der Waals surface area contributed by atoms with Gasteiger partial charge in [0.15, 0.2) is 0 Å². The van der Waals surface area contributed by atoms with Crippen molar-refractivity contribution in [3.63, 3.8) is 0 Å². The van der Waals surface area contributed by atoms with Crippen LogP contribution in [0.4, 0.5) is 11.4 Å². The molecule has 1 heterocycles. The molecule has 0 spiro atoms. The van der Waals surface area contributed by atoms with Gasteiger partial charge >= 0.3 is 0 Å². The number of anilines is 1. The molecular formula is C29H22N2O4. The topological polar surface area (TPSA) is 80.5 Å². The third kappa shape index (κ3) is 3.10. The third-order valence-corrected chi connectivity index (χ3v) is 7.47. The van der Waals surface area contributed by atoms with Crippen LogP contribution in [-0.4, -0.2) is 16.7 Å². The fourth-order valence-corrected chi connectivity index (χ4v) is 6.00. The highest BCUT2D eigenvalue weighted by Crippen LogP contribution is 2.59. The Morgan fingerprint density at radius 2 is 1.31 bits per heavy atom. The Labute approximate surface area is 202 Å². The van der Waals surface area contributed by atoms with Gasteiger partial charge in [-0.15, -0.1) is 0 Å². The van der Waals surface area contributed by atoms with Crippen molar-refractivity contribution in [1.82, 2.24) is 0 Å². The van der Waals surface area contributed by atoms with Gasteiger partial charge in [0, 0.05) is 24.0 Å². The first-order valence-corrected chi connectivity index (χ1v) is 11.6. The van der Waals surface area contributed by atoms with Crippen molar-refractivity contribution in [3.05, 3.63) is 123 Å². The molecule has 2 bridgehead atoms. The Bertz CT molecular complexity index is 1370. The fourth-order valence-electron chi connectivity index (χ4n) is 6.00. The van der Waals surface area contributed by atoms with E-state index < -0.39 is 16.8 Å². The molecule has 6 heteroatoms. The Morgan fingerprint density at radius 1 is 0.800 bits per heavy atom. The lowest BCUT2D eigenvalue weighted by atomic mass is 9.85. The summed E-state index contributed by atoms with van der Waals surface area (Å²) in [5.41, 5.74) is 5.11. The average molecular weight is 463 g/mol. The summed E-state index contributed by atoms with van der Waals surface area (Å²) in [6.07, 6.45) is 4.12. The summed E-state index contributed by atoms with van der Waals surface area (Å²) in [5, 5.41) is 11.3. The molecule has 3 aromatic rings. The Kier molecular flexibility index (Phi) is 4.78. The standard InChI is InChI=1S/C29H22N2O4/c1-17-12-13-20(31(34)35)16-23(17)30-28(32)26-21-14-15-22(27(26)29(30)33)25(21)24(18-8-4-2-5-9-18)19-10-6-3-7-11-19/h2-16,21-22,26-27H,1H3/t21-,22-,26+,27+/m0/s1. The molecule has 0 aromatic heterocycles. The number of rotatable bonds is 4. The van der Waals surface area contributed by atoms with Gasteiger partial charge in [-0.2, -0.15) is 0 Å². The molecule has 6 rings (SSSR count). The van der Waals surface area contributed by atoms with E-state index in [4.69, 9.17) is 0 Å². The van der Waals surface area contributed by atoms with Crippen molar-refractivity contribution in [3.8, 4) is 0 Å². The second-order valence-corrected chi connectivity index (χ2v) is 9.29. The maximum Gasteiger partial charge on any atom is 0.271 e. The predicted molar refractivity (Wildman–Crippen MR) is 132 cm³/mol. The quantitative estimate of drug-likeness (QED) is 0.227. The van der Waals surface area contributed by atoms with Crippen LogP contribution in [0.3, 0.4) is 0 Å². The number of benzene rings is 3. The van der Waals surface area contributed by atoms with Crippen LogP contribution in [0.5, 0.6) is 0 Å². The summed E-state index contributed by atoms with van der Waals surface area (Å²) >= 11 is 0. The lowest BCUT2D eigenvalue weighted by Gasteiger charge is -2.22. The van der Waals surface area contributed by atoms with Crippen molar-refractivity contribution >= 4 is 28.8 Å². The lowest BCUT2D eigenvalue weighted by Crippen LogP contribution is -2.34. The van der Waals surface area contributed by atoms with Crippen LogP contribution in [0.1, 0.15) is 16.7 Å². The number of fused-ring (bicyclic) bond motifs is 5. The smallest absolute Gasteiger partial charge is 0.271 e. The molecule has 0 N–H and O–H groups in total. The summed E-state index contributed by atoms with van der Waals surface area (Å²) in [5.74, 6) is -1.96. The number of amides is 2. The number of imide groups is 1. The number of hydrogen-bond donors (Lipinski definition) is 0. The monoisotopic (exact) mass is 462 g/mol. The minimum absolute atomic E-state index is 0.139. The van der Waals surface area contributed by atoms with Gasteiger partial charge in [0.05, 0.1) is 22.4 Å². The van der Waals surface area contributed by atoms with Crippen LogP contribution in [0, 0.1) is 40.7 Å². The van der Waals surface area contributed by atoms with Gasteiger partial charge in [0.1, 0.15) is 0 Å². The summed E-state index contributed by atoms with van der Waals surface area (Å²) in [4.78, 5) is 39.5. The molecule has 2 fully saturated rings. The molecule has 2 amide bonds. The van der Waals surface area contributed by atoms with Gasteiger partial charge < -0.3 is 0 Å². The summed E-state index contributed by atoms with van der Waals surface area (Å²) in [6, 6.07) is 24.5. The maximum absolute atomic E-state index is 13.7. The predicted octanol–water partition coefficient (Wildman–Crippen LogP) is 5.33. The van der Waals surface area contributed by atoms with Crippen LogP contribution < -0.4 is 4.90 Å². The number of nitrogens with zero attached hydrogens (tertiary/aromatic N) is 2. The second-order valence-electron chi connectivity index (χ2n) is 9.29. The molecule has 0 radical (unpaired) electrons. The molecule has 2 aliphatic carbocycles. The van der Waals surface area contributed by atoms with E-state index in [1.165, 1.54) is 17.0 Å². The van der Waals surface area contributed by atoms with E-state index in [1.54, 1.807) is 13.0 Å². The number of hydrogen-bond acceptors (Lipinski definition) is 4. The van der Waals surface area contributed by atoms with Crippen LogP contribution in [0.15, 0.2) is 96.6 Å². The van der Waals surface area contributed by atoms with Gasteiger partial charge in [0.25, 0.3) is 5.69 Å². The number of nitro benzene ring substituents is 1. The SMILES string of the molecule is Cc1ccc([N+](=O)[O-])cc1N1C(=O)[C@H]2[C@H](C1=O)[C@H]1C=C[C@H]2C1=C(c1ccccc1)c1ccccc1. The Morgan fingerprint density at radius 3 is 1.80 bits per heavy atom. The molecule has 3 aliphatic rings. The first-order chi connectivity index (χ1) is 17.0.